The van der Waals surface area contributed by atoms with Gasteiger partial charge in [-0.1, -0.05) is 18.2 Å². The van der Waals surface area contributed by atoms with Gasteiger partial charge in [0.2, 0.25) is 5.95 Å². The highest BCUT2D eigenvalue weighted by Crippen LogP contribution is 2.22. The van der Waals surface area contributed by atoms with Crippen LogP contribution < -0.4 is 15.1 Å². The largest absolute Gasteiger partial charge is 0.366 e. The second-order valence-electron chi connectivity index (χ2n) is 6.30. The molecule has 0 aliphatic carbocycles. The highest BCUT2D eigenvalue weighted by molar-refractivity contribution is 5.57. The maximum Gasteiger partial charge on any atom is 0.227 e. The smallest absolute Gasteiger partial charge is 0.227 e. The van der Waals surface area contributed by atoms with Gasteiger partial charge in [0.25, 0.3) is 0 Å². The lowest BCUT2D eigenvalue weighted by Gasteiger charge is -2.36. The molecule has 0 radical (unpaired) electrons. The number of aromatic nitrogens is 2. The van der Waals surface area contributed by atoms with Crippen LogP contribution in [-0.4, -0.2) is 36.1 Å². The van der Waals surface area contributed by atoms with Gasteiger partial charge >= 0.3 is 0 Å². The molecule has 0 amide bonds. The lowest BCUT2D eigenvalue weighted by molar-refractivity contribution is 0.594. The molecule has 27 heavy (non-hydrogen) atoms. The third-order valence-electron chi connectivity index (χ3n) is 4.50. The van der Waals surface area contributed by atoms with Gasteiger partial charge in [0, 0.05) is 38.1 Å². The molecule has 7 heteroatoms. The van der Waals surface area contributed by atoms with Crippen LogP contribution in [0.1, 0.15) is 0 Å². The van der Waals surface area contributed by atoms with E-state index in [1.54, 1.807) is 36.5 Å². The van der Waals surface area contributed by atoms with Crippen LogP contribution >= 0.6 is 0 Å². The van der Waals surface area contributed by atoms with Crippen molar-refractivity contribution in [2.45, 2.75) is 0 Å². The number of halogens is 2. The molecular weight excluding hydrogens is 348 g/mol. The van der Waals surface area contributed by atoms with Crippen molar-refractivity contribution in [3.63, 3.8) is 0 Å². The summed E-state index contributed by atoms with van der Waals surface area (Å²) in [6, 6.07) is 14.8. The lowest BCUT2D eigenvalue weighted by atomic mass is 10.2. The summed E-state index contributed by atoms with van der Waals surface area (Å²) in [4.78, 5) is 13.0. The Labute approximate surface area is 156 Å². The summed E-state index contributed by atoms with van der Waals surface area (Å²) in [6.07, 6.45) is 1.67. The summed E-state index contributed by atoms with van der Waals surface area (Å²) < 4.78 is 27.3. The van der Waals surface area contributed by atoms with Gasteiger partial charge in [0.15, 0.2) is 0 Å². The van der Waals surface area contributed by atoms with Crippen LogP contribution in [0.3, 0.4) is 0 Å². The summed E-state index contributed by atoms with van der Waals surface area (Å²) >= 11 is 0. The molecule has 0 bridgehead atoms. The van der Waals surface area contributed by atoms with Crippen molar-refractivity contribution < 1.29 is 8.78 Å². The minimum absolute atomic E-state index is 0.205. The molecule has 0 atom stereocenters. The Bertz CT molecular complexity index is 926. The summed E-state index contributed by atoms with van der Waals surface area (Å²) in [6.45, 7) is 2.76. The van der Waals surface area contributed by atoms with Crippen molar-refractivity contribution in [3.05, 3.63) is 72.4 Å². The molecule has 138 valence electrons. The van der Waals surface area contributed by atoms with Gasteiger partial charge < -0.3 is 15.1 Å². The third-order valence-corrected chi connectivity index (χ3v) is 4.50. The van der Waals surface area contributed by atoms with E-state index in [9.17, 15) is 8.78 Å². The number of nitrogens with zero attached hydrogens (tertiary/aromatic N) is 4. The summed E-state index contributed by atoms with van der Waals surface area (Å²) in [5.74, 6) is 0.689. The minimum Gasteiger partial charge on any atom is -0.366 e. The van der Waals surface area contributed by atoms with Crippen LogP contribution in [0.25, 0.3) is 0 Å². The molecule has 0 spiro atoms. The van der Waals surface area contributed by atoms with E-state index >= 15 is 0 Å². The molecule has 0 saturated carbocycles. The Morgan fingerprint density at radius 1 is 0.852 bits per heavy atom. The zero-order valence-corrected chi connectivity index (χ0v) is 14.6. The molecule has 1 N–H and O–H groups in total. The molecule has 2 heterocycles. The van der Waals surface area contributed by atoms with Gasteiger partial charge in [-0.05, 0) is 36.4 Å². The van der Waals surface area contributed by atoms with Gasteiger partial charge in [-0.15, -0.1) is 0 Å². The summed E-state index contributed by atoms with van der Waals surface area (Å²) in [5.41, 5.74) is 1.25. The number of piperazine rings is 1. The van der Waals surface area contributed by atoms with Crippen LogP contribution in [0.4, 0.5) is 31.9 Å². The molecule has 1 saturated heterocycles. The van der Waals surface area contributed by atoms with Gasteiger partial charge in [0.1, 0.15) is 17.5 Å². The Hall–Kier alpha value is -3.22. The first kappa shape index (κ1) is 17.2. The zero-order chi connectivity index (χ0) is 18.6. The van der Waals surface area contributed by atoms with Crippen molar-refractivity contribution in [3.8, 4) is 0 Å². The van der Waals surface area contributed by atoms with E-state index in [0.29, 0.717) is 49.3 Å². The van der Waals surface area contributed by atoms with Gasteiger partial charge in [0.05, 0.1) is 5.69 Å². The van der Waals surface area contributed by atoms with E-state index < -0.39 is 0 Å². The normalized spacial score (nSPS) is 14.3. The lowest BCUT2D eigenvalue weighted by Crippen LogP contribution is -2.47. The number of rotatable bonds is 4. The first-order chi connectivity index (χ1) is 13.2. The van der Waals surface area contributed by atoms with Crippen LogP contribution in [-0.2, 0) is 0 Å². The van der Waals surface area contributed by atoms with Gasteiger partial charge in [-0.3, -0.25) is 0 Å². The fourth-order valence-electron chi connectivity index (χ4n) is 3.14. The molecule has 2 aromatic carbocycles. The average Bonchev–Trinajstić information content (AvgIpc) is 2.69. The number of anilines is 4. The molecule has 1 aromatic heterocycles. The standard InChI is InChI=1S/C20H19F2N5/c21-15-4-3-5-16(14-15)24-19-8-9-23-20(25-19)27-12-10-26(11-13-27)18-7-2-1-6-17(18)22/h1-9,14H,10-13H2,(H,23,24,25). The SMILES string of the molecule is Fc1cccc(Nc2ccnc(N3CCN(c4ccccc4F)CC3)n2)c1. The number of hydrogen-bond donors (Lipinski definition) is 1. The maximum absolute atomic E-state index is 14.0. The first-order valence-corrected chi connectivity index (χ1v) is 8.79. The fourth-order valence-corrected chi connectivity index (χ4v) is 3.14. The number of benzene rings is 2. The molecule has 4 rings (SSSR count). The highest BCUT2D eigenvalue weighted by atomic mass is 19.1. The average molecular weight is 367 g/mol. The number of nitrogens with one attached hydrogen (secondary N) is 1. The molecule has 0 unspecified atom stereocenters. The van der Waals surface area contributed by atoms with Crippen LogP contribution in [0.2, 0.25) is 0 Å². The Kier molecular flexibility index (Phi) is 4.82. The van der Waals surface area contributed by atoms with Crippen LogP contribution in [0, 0.1) is 11.6 Å². The quantitative estimate of drug-likeness (QED) is 0.759. The molecule has 3 aromatic rings. The first-order valence-electron chi connectivity index (χ1n) is 8.79. The number of hydrogen-bond acceptors (Lipinski definition) is 5. The fraction of sp³-hybridized carbons (Fsp3) is 0.200. The van der Waals surface area contributed by atoms with Crippen molar-refractivity contribution in [2.24, 2.45) is 0 Å². The van der Waals surface area contributed by atoms with E-state index in [1.165, 1.54) is 18.2 Å². The van der Waals surface area contributed by atoms with Crippen molar-refractivity contribution in [2.75, 3.05) is 41.3 Å². The summed E-state index contributed by atoms with van der Waals surface area (Å²) in [5, 5.41) is 3.09. The summed E-state index contributed by atoms with van der Waals surface area (Å²) in [7, 11) is 0. The van der Waals surface area contributed by atoms with E-state index in [0.717, 1.165) is 0 Å². The molecular formula is C20H19F2N5. The van der Waals surface area contributed by atoms with E-state index in [4.69, 9.17) is 0 Å². The zero-order valence-electron chi connectivity index (χ0n) is 14.6. The maximum atomic E-state index is 14.0. The van der Waals surface area contributed by atoms with Crippen LogP contribution in [0.15, 0.2) is 60.8 Å². The van der Waals surface area contributed by atoms with E-state index in [1.807, 2.05) is 11.0 Å². The second-order valence-corrected chi connectivity index (χ2v) is 6.30. The van der Waals surface area contributed by atoms with Crippen molar-refractivity contribution in [1.82, 2.24) is 9.97 Å². The third kappa shape index (κ3) is 3.97. The molecule has 1 fully saturated rings. The minimum atomic E-state index is -0.307. The monoisotopic (exact) mass is 367 g/mol. The Morgan fingerprint density at radius 3 is 2.41 bits per heavy atom. The Balaban J connectivity index is 1.43. The second kappa shape index (κ2) is 7.57. The van der Waals surface area contributed by atoms with E-state index in [2.05, 4.69) is 20.2 Å². The van der Waals surface area contributed by atoms with Crippen LogP contribution in [0.5, 0.6) is 0 Å². The van der Waals surface area contributed by atoms with Crippen molar-refractivity contribution in [1.29, 1.82) is 0 Å². The van der Waals surface area contributed by atoms with Gasteiger partial charge in [-0.25, -0.2) is 13.8 Å². The van der Waals surface area contributed by atoms with Gasteiger partial charge in [-0.2, -0.15) is 4.98 Å². The highest BCUT2D eigenvalue weighted by Gasteiger charge is 2.21. The van der Waals surface area contributed by atoms with Crippen molar-refractivity contribution >= 4 is 23.1 Å². The Morgan fingerprint density at radius 2 is 1.63 bits per heavy atom. The topological polar surface area (TPSA) is 44.3 Å². The molecule has 5 nitrogen and oxygen atoms in total. The van der Waals surface area contributed by atoms with E-state index in [-0.39, 0.29) is 11.6 Å². The molecule has 1 aliphatic heterocycles. The number of para-hydroxylation sites is 1. The predicted octanol–water partition coefficient (Wildman–Crippen LogP) is 3.83. The molecule has 1 aliphatic rings. The predicted molar refractivity (Wildman–Crippen MR) is 103 cm³/mol.